The SMILES string of the molecule is CC(NC(C)c1ccc(F)cc1F)c1ccc(F)cc1. The molecule has 0 saturated carbocycles. The average molecular weight is 279 g/mol. The van der Waals surface area contributed by atoms with Crippen molar-refractivity contribution < 1.29 is 13.2 Å². The van der Waals surface area contributed by atoms with Crippen LogP contribution in [0.1, 0.15) is 37.1 Å². The normalized spacial score (nSPS) is 14.1. The van der Waals surface area contributed by atoms with Crippen LogP contribution in [0.5, 0.6) is 0 Å². The lowest BCUT2D eigenvalue weighted by Crippen LogP contribution is -2.23. The molecule has 2 aromatic rings. The van der Waals surface area contributed by atoms with Gasteiger partial charge >= 0.3 is 0 Å². The Hall–Kier alpha value is -1.81. The number of hydrogen-bond donors (Lipinski definition) is 1. The monoisotopic (exact) mass is 279 g/mol. The average Bonchev–Trinajstić information content (AvgIpc) is 2.39. The zero-order valence-corrected chi connectivity index (χ0v) is 11.3. The Kier molecular flexibility index (Phi) is 4.45. The fourth-order valence-electron chi connectivity index (χ4n) is 2.17. The van der Waals surface area contributed by atoms with E-state index in [2.05, 4.69) is 5.32 Å². The number of halogens is 3. The smallest absolute Gasteiger partial charge is 0.130 e. The van der Waals surface area contributed by atoms with Gasteiger partial charge in [-0.2, -0.15) is 0 Å². The topological polar surface area (TPSA) is 12.0 Å². The molecule has 1 N–H and O–H groups in total. The molecule has 0 bridgehead atoms. The van der Waals surface area contributed by atoms with Crippen LogP contribution in [0.2, 0.25) is 0 Å². The minimum Gasteiger partial charge on any atom is -0.304 e. The summed E-state index contributed by atoms with van der Waals surface area (Å²) in [5.74, 6) is -1.46. The van der Waals surface area contributed by atoms with E-state index in [1.165, 1.54) is 24.3 Å². The predicted octanol–water partition coefficient (Wildman–Crippen LogP) is 4.52. The van der Waals surface area contributed by atoms with E-state index in [-0.39, 0.29) is 17.9 Å². The van der Waals surface area contributed by atoms with E-state index in [4.69, 9.17) is 0 Å². The molecule has 20 heavy (non-hydrogen) atoms. The van der Waals surface area contributed by atoms with Gasteiger partial charge in [-0.1, -0.05) is 18.2 Å². The molecule has 0 aliphatic heterocycles. The molecule has 4 heteroatoms. The van der Waals surface area contributed by atoms with Crippen molar-refractivity contribution >= 4 is 0 Å². The number of hydrogen-bond acceptors (Lipinski definition) is 1. The van der Waals surface area contributed by atoms with Crippen LogP contribution in [0.15, 0.2) is 42.5 Å². The van der Waals surface area contributed by atoms with E-state index in [1.807, 2.05) is 6.92 Å². The standard InChI is InChI=1S/C16H16F3N/c1-10(12-3-5-13(17)6-4-12)20-11(2)15-8-7-14(18)9-16(15)19/h3-11,20H,1-2H3. The Morgan fingerprint density at radius 2 is 1.40 bits per heavy atom. The van der Waals surface area contributed by atoms with Gasteiger partial charge in [0.15, 0.2) is 0 Å². The van der Waals surface area contributed by atoms with Crippen molar-refractivity contribution in [3.8, 4) is 0 Å². The molecule has 0 radical (unpaired) electrons. The summed E-state index contributed by atoms with van der Waals surface area (Å²) >= 11 is 0. The largest absolute Gasteiger partial charge is 0.304 e. The summed E-state index contributed by atoms with van der Waals surface area (Å²) in [6.45, 7) is 3.71. The number of rotatable bonds is 4. The summed E-state index contributed by atoms with van der Waals surface area (Å²) in [5.41, 5.74) is 1.31. The first-order valence-electron chi connectivity index (χ1n) is 6.44. The Bertz CT molecular complexity index is 581. The molecular formula is C16H16F3N. The van der Waals surface area contributed by atoms with Gasteiger partial charge in [0.25, 0.3) is 0 Å². The van der Waals surface area contributed by atoms with Gasteiger partial charge in [0.05, 0.1) is 0 Å². The molecule has 2 atom stereocenters. The van der Waals surface area contributed by atoms with Crippen LogP contribution in [-0.2, 0) is 0 Å². The Morgan fingerprint density at radius 1 is 0.800 bits per heavy atom. The molecule has 2 unspecified atom stereocenters. The molecule has 2 aromatic carbocycles. The van der Waals surface area contributed by atoms with Gasteiger partial charge in [-0.25, -0.2) is 13.2 Å². The molecule has 0 aliphatic carbocycles. The third kappa shape index (κ3) is 3.39. The van der Waals surface area contributed by atoms with Gasteiger partial charge in [0.2, 0.25) is 0 Å². The second kappa shape index (κ2) is 6.09. The van der Waals surface area contributed by atoms with Crippen molar-refractivity contribution in [2.45, 2.75) is 25.9 Å². The summed E-state index contributed by atoms with van der Waals surface area (Å²) in [7, 11) is 0. The van der Waals surface area contributed by atoms with E-state index in [0.29, 0.717) is 5.56 Å². The third-order valence-electron chi connectivity index (χ3n) is 3.30. The predicted molar refractivity (Wildman–Crippen MR) is 72.7 cm³/mol. The summed E-state index contributed by atoms with van der Waals surface area (Å²) < 4.78 is 39.4. The maximum atomic E-state index is 13.7. The number of nitrogens with one attached hydrogen (secondary N) is 1. The highest BCUT2D eigenvalue weighted by molar-refractivity contribution is 5.24. The highest BCUT2D eigenvalue weighted by Gasteiger charge is 2.15. The van der Waals surface area contributed by atoms with Crippen LogP contribution in [0.3, 0.4) is 0 Å². The third-order valence-corrected chi connectivity index (χ3v) is 3.30. The van der Waals surface area contributed by atoms with Crippen molar-refractivity contribution in [1.29, 1.82) is 0 Å². The number of benzene rings is 2. The molecule has 106 valence electrons. The Balaban J connectivity index is 2.10. The highest BCUT2D eigenvalue weighted by Crippen LogP contribution is 2.22. The van der Waals surface area contributed by atoms with E-state index in [0.717, 1.165) is 11.6 Å². The molecule has 2 rings (SSSR count). The van der Waals surface area contributed by atoms with Crippen LogP contribution in [0, 0.1) is 17.5 Å². The lowest BCUT2D eigenvalue weighted by Gasteiger charge is -2.21. The minimum absolute atomic E-state index is 0.0740. The Morgan fingerprint density at radius 3 is 2.00 bits per heavy atom. The first-order valence-corrected chi connectivity index (χ1v) is 6.44. The van der Waals surface area contributed by atoms with Crippen molar-refractivity contribution in [1.82, 2.24) is 5.32 Å². The molecule has 1 nitrogen and oxygen atoms in total. The van der Waals surface area contributed by atoms with E-state index < -0.39 is 11.6 Å². The van der Waals surface area contributed by atoms with Gasteiger partial charge in [0, 0.05) is 23.7 Å². The molecule has 0 heterocycles. The minimum atomic E-state index is -0.593. The second-order valence-corrected chi connectivity index (χ2v) is 4.83. The summed E-state index contributed by atoms with van der Waals surface area (Å²) in [6.07, 6.45) is 0. The van der Waals surface area contributed by atoms with Crippen LogP contribution in [0.25, 0.3) is 0 Å². The van der Waals surface area contributed by atoms with Crippen molar-refractivity contribution in [2.24, 2.45) is 0 Å². The highest BCUT2D eigenvalue weighted by atomic mass is 19.1. The summed E-state index contributed by atoms with van der Waals surface area (Å²) in [6, 6.07) is 9.31. The van der Waals surface area contributed by atoms with E-state index >= 15 is 0 Å². The Labute approximate surface area is 116 Å². The lowest BCUT2D eigenvalue weighted by molar-refractivity contribution is 0.470. The van der Waals surface area contributed by atoms with Crippen LogP contribution < -0.4 is 5.32 Å². The van der Waals surface area contributed by atoms with Crippen molar-refractivity contribution in [2.75, 3.05) is 0 Å². The first kappa shape index (κ1) is 14.6. The van der Waals surface area contributed by atoms with Crippen molar-refractivity contribution in [3.05, 3.63) is 71.0 Å². The van der Waals surface area contributed by atoms with Crippen LogP contribution in [0.4, 0.5) is 13.2 Å². The van der Waals surface area contributed by atoms with Crippen LogP contribution >= 0.6 is 0 Å². The fraction of sp³-hybridized carbons (Fsp3) is 0.250. The zero-order chi connectivity index (χ0) is 14.7. The molecular weight excluding hydrogens is 263 g/mol. The van der Waals surface area contributed by atoms with Crippen molar-refractivity contribution in [3.63, 3.8) is 0 Å². The molecule has 0 amide bonds. The van der Waals surface area contributed by atoms with E-state index in [9.17, 15) is 13.2 Å². The van der Waals surface area contributed by atoms with Gasteiger partial charge in [0.1, 0.15) is 17.5 Å². The molecule has 0 aromatic heterocycles. The van der Waals surface area contributed by atoms with Gasteiger partial charge < -0.3 is 5.32 Å². The maximum Gasteiger partial charge on any atom is 0.130 e. The lowest BCUT2D eigenvalue weighted by atomic mass is 10.0. The maximum absolute atomic E-state index is 13.7. The van der Waals surface area contributed by atoms with Gasteiger partial charge in [-0.05, 0) is 37.6 Å². The summed E-state index contributed by atoms with van der Waals surface area (Å²) in [5, 5.41) is 3.21. The van der Waals surface area contributed by atoms with Crippen LogP contribution in [-0.4, -0.2) is 0 Å². The molecule has 0 spiro atoms. The summed E-state index contributed by atoms with van der Waals surface area (Å²) in [4.78, 5) is 0. The van der Waals surface area contributed by atoms with Gasteiger partial charge in [-0.15, -0.1) is 0 Å². The van der Waals surface area contributed by atoms with Gasteiger partial charge in [-0.3, -0.25) is 0 Å². The quantitative estimate of drug-likeness (QED) is 0.868. The molecule has 0 fully saturated rings. The van der Waals surface area contributed by atoms with E-state index in [1.54, 1.807) is 19.1 Å². The fourth-order valence-corrected chi connectivity index (χ4v) is 2.17. The zero-order valence-electron chi connectivity index (χ0n) is 11.3. The first-order chi connectivity index (χ1) is 9.47. The molecule has 0 aliphatic rings. The second-order valence-electron chi connectivity index (χ2n) is 4.83. The molecule has 0 saturated heterocycles.